The van der Waals surface area contributed by atoms with E-state index in [0.717, 1.165) is 5.56 Å². The SMILES string of the molecule is COc1ccc(OCC(=O)OC(C)C)c(CN)c1. The second-order valence-corrected chi connectivity index (χ2v) is 4.01. The van der Waals surface area contributed by atoms with E-state index in [1.807, 2.05) is 0 Å². The number of rotatable bonds is 6. The van der Waals surface area contributed by atoms with Gasteiger partial charge in [-0.3, -0.25) is 0 Å². The highest BCUT2D eigenvalue weighted by molar-refractivity contribution is 5.71. The number of hydrogen-bond acceptors (Lipinski definition) is 5. The second kappa shape index (κ2) is 6.86. The molecule has 0 saturated carbocycles. The number of methoxy groups -OCH3 is 1. The van der Waals surface area contributed by atoms with E-state index in [2.05, 4.69) is 0 Å². The first-order valence-corrected chi connectivity index (χ1v) is 5.76. The molecule has 1 aromatic carbocycles. The van der Waals surface area contributed by atoms with Crippen molar-refractivity contribution in [2.24, 2.45) is 5.73 Å². The fourth-order valence-corrected chi connectivity index (χ4v) is 1.42. The van der Waals surface area contributed by atoms with Gasteiger partial charge in [-0.1, -0.05) is 0 Å². The van der Waals surface area contributed by atoms with Gasteiger partial charge in [0.1, 0.15) is 11.5 Å². The summed E-state index contributed by atoms with van der Waals surface area (Å²) in [5, 5.41) is 0. The topological polar surface area (TPSA) is 70.8 Å². The van der Waals surface area contributed by atoms with E-state index in [1.165, 1.54) is 0 Å². The van der Waals surface area contributed by atoms with Crippen LogP contribution in [0.25, 0.3) is 0 Å². The Labute approximate surface area is 107 Å². The van der Waals surface area contributed by atoms with Crippen LogP contribution < -0.4 is 15.2 Å². The van der Waals surface area contributed by atoms with Crippen molar-refractivity contribution in [3.05, 3.63) is 23.8 Å². The number of hydrogen-bond donors (Lipinski definition) is 1. The molecule has 0 unspecified atom stereocenters. The molecule has 0 aliphatic heterocycles. The molecule has 0 bridgehead atoms. The van der Waals surface area contributed by atoms with Gasteiger partial charge in [-0.2, -0.15) is 0 Å². The van der Waals surface area contributed by atoms with E-state index in [0.29, 0.717) is 18.0 Å². The predicted molar refractivity (Wildman–Crippen MR) is 67.6 cm³/mol. The summed E-state index contributed by atoms with van der Waals surface area (Å²) >= 11 is 0. The average molecular weight is 253 g/mol. The van der Waals surface area contributed by atoms with Crippen molar-refractivity contribution >= 4 is 5.97 Å². The third-order valence-electron chi connectivity index (χ3n) is 2.20. The molecule has 0 aromatic heterocycles. The Bertz CT molecular complexity index is 404. The van der Waals surface area contributed by atoms with Crippen molar-refractivity contribution < 1.29 is 19.0 Å². The van der Waals surface area contributed by atoms with Crippen molar-refractivity contribution in [2.45, 2.75) is 26.5 Å². The van der Waals surface area contributed by atoms with Crippen LogP contribution in [0.1, 0.15) is 19.4 Å². The maximum atomic E-state index is 11.3. The maximum absolute atomic E-state index is 11.3. The number of nitrogens with two attached hydrogens (primary N) is 1. The molecule has 0 spiro atoms. The van der Waals surface area contributed by atoms with Crippen molar-refractivity contribution in [2.75, 3.05) is 13.7 Å². The zero-order valence-corrected chi connectivity index (χ0v) is 10.9. The molecule has 0 aliphatic carbocycles. The molecule has 0 amide bonds. The molecular formula is C13H19NO4. The summed E-state index contributed by atoms with van der Waals surface area (Å²) in [7, 11) is 1.58. The van der Waals surface area contributed by atoms with Crippen LogP contribution in [0.15, 0.2) is 18.2 Å². The fourth-order valence-electron chi connectivity index (χ4n) is 1.42. The quantitative estimate of drug-likeness (QED) is 0.778. The summed E-state index contributed by atoms with van der Waals surface area (Å²) < 4.78 is 15.4. The highest BCUT2D eigenvalue weighted by Crippen LogP contribution is 2.23. The highest BCUT2D eigenvalue weighted by atomic mass is 16.6. The first-order chi connectivity index (χ1) is 8.56. The molecule has 0 heterocycles. The molecule has 2 N–H and O–H groups in total. The Balaban J connectivity index is 2.64. The average Bonchev–Trinajstić information content (AvgIpc) is 2.35. The summed E-state index contributed by atoms with van der Waals surface area (Å²) in [5.41, 5.74) is 6.39. The molecule has 18 heavy (non-hydrogen) atoms. The lowest BCUT2D eigenvalue weighted by atomic mass is 10.2. The van der Waals surface area contributed by atoms with Gasteiger partial charge in [0.25, 0.3) is 0 Å². The molecule has 5 nitrogen and oxygen atoms in total. The van der Waals surface area contributed by atoms with Crippen LogP contribution in [0.4, 0.5) is 0 Å². The highest BCUT2D eigenvalue weighted by Gasteiger charge is 2.09. The number of ether oxygens (including phenoxy) is 3. The fraction of sp³-hybridized carbons (Fsp3) is 0.462. The normalized spacial score (nSPS) is 10.3. The van der Waals surface area contributed by atoms with Crippen LogP contribution in [0.3, 0.4) is 0 Å². The molecule has 0 atom stereocenters. The first kappa shape index (κ1) is 14.3. The Morgan fingerprint density at radius 1 is 1.39 bits per heavy atom. The van der Waals surface area contributed by atoms with Gasteiger partial charge >= 0.3 is 5.97 Å². The Morgan fingerprint density at radius 3 is 2.67 bits per heavy atom. The minimum absolute atomic E-state index is 0.127. The molecule has 1 aromatic rings. The van der Waals surface area contributed by atoms with Crippen molar-refractivity contribution in [3.8, 4) is 11.5 Å². The van der Waals surface area contributed by atoms with Gasteiger partial charge in [0, 0.05) is 12.1 Å². The lowest BCUT2D eigenvalue weighted by Crippen LogP contribution is -2.19. The lowest BCUT2D eigenvalue weighted by molar-refractivity contribution is -0.149. The molecule has 5 heteroatoms. The summed E-state index contributed by atoms with van der Waals surface area (Å²) in [6.07, 6.45) is -0.147. The summed E-state index contributed by atoms with van der Waals surface area (Å²) in [6.45, 7) is 3.76. The van der Waals surface area contributed by atoms with Gasteiger partial charge < -0.3 is 19.9 Å². The van der Waals surface area contributed by atoms with Crippen LogP contribution in [0.2, 0.25) is 0 Å². The van der Waals surface area contributed by atoms with E-state index in [1.54, 1.807) is 39.2 Å². The minimum atomic E-state index is -0.399. The van der Waals surface area contributed by atoms with Crippen molar-refractivity contribution in [3.63, 3.8) is 0 Å². The second-order valence-electron chi connectivity index (χ2n) is 4.01. The lowest BCUT2D eigenvalue weighted by Gasteiger charge is -2.12. The number of benzene rings is 1. The monoisotopic (exact) mass is 253 g/mol. The van der Waals surface area contributed by atoms with Crippen LogP contribution in [0.5, 0.6) is 11.5 Å². The molecule has 0 saturated heterocycles. The van der Waals surface area contributed by atoms with Crippen LogP contribution in [-0.4, -0.2) is 25.8 Å². The number of carbonyl (C=O) groups is 1. The van der Waals surface area contributed by atoms with Gasteiger partial charge in [0.15, 0.2) is 6.61 Å². The number of carbonyl (C=O) groups excluding carboxylic acids is 1. The third kappa shape index (κ3) is 4.25. The van der Waals surface area contributed by atoms with Gasteiger partial charge in [-0.25, -0.2) is 4.79 Å². The van der Waals surface area contributed by atoms with Gasteiger partial charge in [-0.05, 0) is 32.0 Å². The van der Waals surface area contributed by atoms with Gasteiger partial charge in [0.2, 0.25) is 0 Å². The minimum Gasteiger partial charge on any atom is -0.497 e. The molecule has 1 rings (SSSR count). The Hall–Kier alpha value is -1.75. The molecular weight excluding hydrogens is 234 g/mol. The van der Waals surface area contributed by atoms with Crippen molar-refractivity contribution in [1.29, 1.82) is 0 Å². The Kier molecular flexibility index (Phi) is 5.45. The molecule has 0 aliphatic rings. The first-order valence-electron chi connectivity index (χ1n) is 5.76. The van der Waals surface area contributed by atoms with E-state index < -0.39 is 5.97 Å². The summed E-state index contributed by atoms with van der Waals surface area (Å²) in [5.74, 6) is 0.871. The van der Waals surface area contributed by atoms with Crippen molar-refractivity contribution in [1.82, 2.24) is 0 Å². The largest absolute Gasteiger partial charge is 0.497 e. The summed E-state index contributed by atoms with van der Waals surface area (Å²) in [6, 6.07) is 5.26. The van der Waals surface area contributed by atoms with Crippen LogP contribution in [0, 0.1) is 0 Å². The van der Waals surface area contributed by atoms with Crippen LogP contribution in [-0.2, 0) is 16.1 Å². The third-order valence-corrected chi connectivity index (χ3v) is 2.20. The zero-order chi connectivity index (χ0) is 13.5. The maximum Gasteiger partial charge on any atom is 0.344 e. The molecule has 100 valence electrons. The van der Waals surface area contributed by atoms with E-state index in [-0.39, 0.29) is 12.7 Å². The van der Waals surface area contributed by atoms with E-state index >= 15 is 0 Å². The van der Waals surface area contributed by atoms with Gasteiger partial charge in [0.05, 0.1) is 13.2 Å². The van der Waals surface area contributed by atoms with Crippen LogP contribution >= 0.6 is 0 Å². The molecule has 0 fully saturated rings. The molecule has 0 radical (unpaired) electrons. The zero-order valence-electron chi connectivity index (χ0n) is 10.9. The standard InChI is InChI=1S/C13H19NO4/c1-9(2)18-13(15)8-17-12-5-4-11(16-3)6-10(12)7-14/h4-6,9H,7-8,14H2,1-3H3. The van der Waals surface area contributed by atoms with E-state index in [9.17, 15) is 4.79 Å². The van der Waals surface area contributed by atoms with E-state index in [4.69, 9.17) is 19.9 Å². The van der Waals surface area contributed by atoms with Gasteiger partial charge in [-0.15, -0.1) is 0 Å². The Morgan fingerprint density at radius 2 is 2.11 bits per heavy atom. The smallest absolute Gasteiger partial charge is 0.344 e. The summed E-state index contributed by atoms with van der Waals surface area (Å²) in [4.78, 5) is 11.3. The predicted octanol–water partition coefficient (Wildman–Crippen LogP) is 1.48. The number of esters is 1.